The van der Waals surface area contributed by atoms with Crippen molar-refractivity contribution >= 4 is 17.5 Å². The molecule has 17 heavy (non-hydrogen) atoms. The minimum absolute atomic E-state index is 0.179. The largest absolute Gasteiger partial charge is 0.355 e. The van der Waals surface area contributed by atoms with Crippen molar-refractivity contribution in [1.29, 1.82) is 0 Å². The lowest BCUT2D eigenvalue weighted by Crippen LogP contribution is -2.42. The van der Waals surface area contributed by atoms with Crippen LogP contribution in [0.1, 0.15) is 51.9 Å². The van der Waals surface area contributed by atoms with E-state index >= 15 is 0 Å². The highest BCUT2D eigenvalue weighted by atomic mass is 35.5. The van der Waals surface area contributed by atoms with Gasteiger partial charge < -0.3 is 5.32 Å². The fraction of sp³-hybridized carbons (Fsp3) is 0.929. The molecule has 1 amide bonds. The van der Waals surface area contributed by atoms with Gasteiger partial charge in [-0.2, -0.15) is 0 Å². The number of halogens is 1. The lowest BCUT2D eigenvalue weighted by atomic mass is 9.75. The summed E-state index contributed by atoms with van der Waals surface area (Å²) in [5.41, 5.74) is 0.179. The summed E-state index contributed by atoms with van der Waals surface area (Å²) in [6.45, 7) is 2.84. The molecule has 2 fully saturated rings. The van der Waals surface area contributed by atoms with Crippen LogP contribution in [0.15, 0.2) is 0 Å². The summed E-state index contributed by atoms with van der Waals surface area (Å²) in [4.78, 5) is 12.0. The summed E-state index contributed by atoms with van der Waals surface area (Å²) in [6, 6.07) is 0. The Labute approximate surface area is 109 Å². The van der Waals surface area contributed by atoms with Crippen molar-refractivity contribution in [2.45, 2.75) is 51.9 Å². The van der Waals surface area contributed by atoms with Gasteiger partial charge in [-0.3, -0.25) is 4.79 Å². The molecule has 2 aliphatic rings. The molecule has 2 aliphatic carbocycles. The molecule has 0 aromatic heterocycles. The van der Waals surface area contributed by atoms with E-state index in [9.17, 15) is 4.79 Å². The zero-order chi connectivity index (χ0) is 12.3. The molecular formula is C14H24ClNO. The van der Waals surface area contributed by atoms with Crippen LogP contribution in [-0.2, 0) is 4.79 Å². The van der Waals surface area contributed by atoms with Crippen LogP contribution in [0.5, 0.6) is 0 Å². The predicted molar refractivity (Wildman–Crippen MR) is 71.1 cm³/mol. The molecule has 1 atom stereocenters. The molecule has 0 radical (unpaired) electrons. The molecule has 0 heterocycles. The van der Waals surface area contributed by atoms with Gasteiger partial charge in [0, 0.05) is 23.8 Å². The molecule has 0 saturated heterocycles. The van der Waals surface area contributed by atoms with Crippen LogP contribution >= 0.6 is 11.6 Å². The molecule has 2 rings (SSSR count). The highest BCUT2D eigenvalue weighted by Gasteiger charge is 2.35. The maximum atomic E-state index is 12.0. The van der Waals surface area contributed by atoms with Gasteiger partial charge >= 0.3 is 0 Å². The highest BCUT2D eigenvalue weighted by molar-refractivity contribution is 6.18. The summed E-state index contributed by atoms with van der Waals surface area (Å²) >= 11 is 6.12. The number of hydrogen-bond donors (Lipinski definition) is 1. The van der Waals surface area contributed by atoms with Crippen molar-refractivity contribution in [3.8, 4) is 0 Å². The minimum Gasteiger partial charge on any atom is -0.355 e. The summed E-state index contributed by atoms with van der Waals surface area (Å²) < 4.78 is 0. The van der Waals surface area contributed by atoms with Gasteiger partial charge in [0.15, 0.2) is 0 Å². The van der Waals surface area contributed by atoms with Crippen LogP contribution in [0.4, 0.5) is 0 Å². The molecular weight excluding hydrogens is 234 g/mol. The first-order chi connectivity index (χ1) is 8.17. The van der Waals surface area contributed by atoms with E-state index in [0.717, 1.165) is 6.54 Å². The first kappa shape index (κ1) is 13.2. The maximum Gasteiger partial charge on any atom is 0.223 e. The van der Waals surface area contributed by atoms with Gasteiger partial charge in [-0.25, -0.2) is 0 Å². The average molecular weight is 258 g/mol. The number of nitrogens with one attached hydrogen (secondary N) is 1. The predicted octanol–water partition coefficient (Wildman–Crippen LogP) is 3.34. The van der Waals surface area contributed by atoms with Gasteiger partial charge in [0.2, 0.25) is 5.91 Å². The zero-order valence-corrected chi connectivity index (χ0v) is 11.6. The number of amides is 1. The SMILES string of the molecule is CC(C(=O)NCC1(CCl)CCCCC1)C1CC1. The molecule has 98 valence electrons. The van der Waals surface area contributed by atoms with Crippen molar-refractivity contribution < 1.29 is 4.79 Å². The Morgan fingerprint density at radius 1 is 1.35 bits per heavy atom. The summed E-state index contributed by atoms with van der Waals surface area (Å²) in [7, 11) is 0. The van der Waals surface area contributed by atoms with Gasteiger partial charge in [0.1, 0.15) is 0 Å². The molecule has 0 aromatic carbocycles. The number of carbonyl (C=O) groups excluding carboxylic acids is 1. The number of carbonyl (C=O) groups is 1. The molecule has 0 aromatic rings. The minimum atomic E-state index is 0.179. The molecule has 0 aliphatic heterocycles. The highest BCUT2D eigenvalue weighted by Crippen LogP contribution is 2.38. The second-order valence-electron chi connectivity index (χ2n) is 6.04. The summed E-state index contributed by atoms with van der Waals surface area (Å²) in [6.07, 6.45) is 8.67. The number of rotatable bonds is 5. The van der Waals surface area contributed by atoms with Crippen LogP contribution in [0.25, 0.3) is 0 Å². The zero-order valence-electron chi connectivity index (χ0n) is 10.8. The van der Waals surface area contributed by atoms with Crippen molar-refractivity contribution in [2.75, 3.05) is 12.4 Å². The van der Waals surface area contributed by atoms with Gasteiger partial charge in [0.25, 0.3) is 0 Å². The maximum absolute atomic E-state index is 12.0. The van der Waals surface area contributed by atoms with Crippen molar-refractivity contribution in [3.05, 3.63) is 0 Å². The van der Waals surface area contributed by atoms with Crippen LogP contribution < -0.4 is 5.32 Å². The van der Waals surface area contributed by atoms with Crippen LogP contribution in [-0.4, -0.2) is 18.3 Å². The quantitative estimate of drug-likeness (QED) is 0.752. The fourth-order valence-corrected chi connectivity index (χ4v) is 3.27. The standard InChI is InChI=1S/C14H24ClNO/c1-11(12-5-6-12)13(17)16-10-14(9-15)7-3-2-4-8-14/h11-12H,2-10H2,1H3,(H,16,17). The van der Waals surface area contributed by atoms with E-state index in [4.69, 9.17) is 11.6 Å². The van der Waals surface area contributed by atoms with E-state index in [-0.39, 0.29) is 17.2 Å². The summed E-state index contributed by atoms with van der Waals surface area (Å²) in [5.74, 6) is 1.77. The van der Waals surface area contributed by atoms with Gasteiger partial charge in [-0.15, -0.1) is 11.6 Å². The molecule has 2 nitrogen and oxygen atoms in total. The topological polar surface area (TPSA) is 29.1 Å². The number of alkyl halides is 1. The molecule has 0 spiro atoms. The Bertz CT molecular complexity index is 269. The third kappa shape index (κ3) is 3.37. The normalized spacial score (nSPS) is 25.3. The Morgan fingerprint density at radius 2 is 2.00 bits per heavy atom. The summed E-state index contributed by atoms with van der Waals surface area (Å²) in [5, 5.41) is 3.14. The second kappa shape index (κ2) is 5.60. The van der Waals surface area contributed by atoms with Crippen LogP contribution in [0.2, 0.25) is 0 Å². The van der Waals surface area contributed by atoms with E-state index in [0.29, 0.717) is 11.8 Å². The molecule has 3 heteroatoms. The monoisotopic (exact) mass is 257 g/mol. The van der Waals surface area contributed by atoms with Gasteiger partial charge in [0.05, 0.1) is 0 Å². The van der Waals surface area contributed by atoms with E-state index < -0.39 is 0 Å². The van der Waals surface area contributed by atoms with Crippen molar-refractivity contribution in [2.24, 2.45) is 17.3 Å². The van der Waals surface area contributed by atoms with Crippen LogP contribution in [0, 0.1) is 17.3 Å². The Balaban J connectivity index is 1.80. The Morgan fingerprint density at radius 3 is 2.53 bits per heavy atom. The molecule has 1 N–H and O–H groups in total. The molecule has 2 saturated carbocycles. The average Bonchev–Trinajstić information content (AvgIpc) is 3.20. The lowest BCUT2D eigenvalue weighted by Gasteiger charge is -2.36. The Kier molecular flexibility index (Phi) is 4.35. The third-order valence-corrected chi connectivity index (χ3v) is 5.14. The van der Waals surface area contributed by atoms with Crippen molar-refractivity contribution in [3.63, 3.8) is 0 Å². The van der Waals surface area contributed by atoms with Crippen molar-refractivity contribution in [1.82, 2.24) is 5.32 Å². The van der Waals surface area contributed by atoms with Gasteiger partial charge in [-0.05, 0) is 31.6 Å². The second-order valence-corrected chi connectivity index (χ2v) is 6.31. The van der Waals surface area contributed by atoms with Crippen LogP contribution in [0.3, 0.4) is 0 Å². The van der Waals surface area contributed by atoms with E-state index in [1.165, 1.54) is 44.9 Å². The van der Waals surface area contributed by atoms with E-state index in [1.54, 1.807) is 0 Å². The Hall–Kier alpha value is -0.240. The molecule has 1 unspecified atom stereocenters. The smallest absolute Gasteiger partial charge is 0.223 e. The first-order valence-electron chi connectivity index (χ1n) is 7.01. The van der Waals surface area contributed by atoms with Gasteiger partial charge in [-0.1, -0.05) is 26.2 Å². The third-order valence-electron chi connectivity index (χ3n) is 4.58. The van der Waals surface area contributed by atoms with E-state index in [2.05, 4.69) is 12.2 Å². The molecule has 0 bridgehead atoms. The van der Waals surface area contributed by atoms with E-state index in [1.807, 2.05) is 0 Å². The number of hydrogen-bond acceptors (Lipinski definition) is 1. The first-order valence-corrected chi connectivity index (χ1v) is 7.54. The lowest BCUT2D eigenvalue weighted by molar-refractivity contribution is -0.125. The fourth-order valence-electron chi connectivity index (χ4n) is 2.91.